The Kier molecular flexibility index (Phi) is 5.21. The summed E-state index contributed by atoms with van der Waals surface area (Å²) in [5, 5.41) is 9.24. The predicted molar refractivity (Wildman–Crippen MR) is 85.5 cm³/mol. The molecule has 1 aliphatic rings. The molecule has 0 spiro atoms. The summed E-state index contributed by atoms with van der Waals surface area (Å²) < 4.78 is 38.1. The third kappa shape index (κ3) is 4.34. The summed E-state index contributed by atoms with van der Waals surface area (Å²) >= 11 is 1.58. The Morgan fingerprint density at radius 3 is 2.79 bits per heavy atom. The third-order valence-corrected chi connectivity index (χ3v) is 5.13. The molecule has 0 bridgehead atoms. The highest BCUT2D eigenvalue weighted by atomic mass is 32.1. The van der Waals surface area contributed by atoms with E-state index in [0.717, 1.165) is 42.7 Å². The summed E-state index contributed by atoms with van der Waals surface area (Å²) in [6.45, 7) is 5.85. The number of aromatic amines is 1. The van der Waals surface area contributed by atoms with Crippen LogP contribution < -0.4 is 5.32 Å². The molecule has 0 aromatic carbocycles. The van der Waals surface area contributed by atoms with Crippen LogP contribution in [0.2, 0.25) is 0 Å². The second-order valence-electron chi connectivity index (χ2n) is 6.17. The summed E-state index contributed by atoms with van der Waals surface area (Å²) in [4.78, 5) is 7.58. The van der Waals surface area contributed by atoms with E-state index < -0.39 is 11.9 Å². The Labute approximate surface area is 142 Å². The molecule has 1 aliphatic heterocycles. The maximum Gasteiger partial charge on any atom is 0.435 e. The number of aromatic nitrogens is 3. The van der Waals surface area contributed by atoms with Crippen LogP contribution in [0, 0.1) is 12.8 Å². The van der Waals surface area contributed by atoms with Crippen LogP contribution in [-0.2, 0) is 19.3 Å². The first-order valence-corrected chi connectivity index (χ1v) is 8.73. The standard InChI is InChI=1S/C15H20F3N5S/c1-10-13(24-9-20-10)8-23(6-11-2-3-19-5-11)7-12-4-14(22-21-12)15(16,17)18/h4,9,11,19H,2-3,5-8H2,1H3,(H,21,22). The molecule has 2 aromatic heterocycles. The molecule has 2 N–H and O–H groups in total. The quantitative estimate of drug-likeness (QED) is 0.833. The number of nitrogens with zero attached hydrogens (tertiary/aromatic N) is 3. The largest absolute Gasteiger partial charge is 0.435 e. The Bertz CT molecular complexity index is 660. The van der Waals surface area contributed by atoms with Crippen LogP contribution in [0.15, 0.2) is 11.6 Å². The van der Waals surface area contributed by atoms with Crippen molar-refractivity contribution in [1.29, 1.82) is 0 Å². The summed E-state index contributed by atoms with van der Waals surface area (Å²) in [6.07, 6.45) is -3.32. The number of rotatable bonds is 6. The van der Waals surface area contributed by atoms with Crippen LogP contribution >= 0.6 is 11.3 Å². The highest BCUT2D eigenvalue weighted by Gasteiger charge is 2.34. The highest BCUT2D eigenvalue weighted by molar-refractivity contribution is 7.09. The first-order chi connectivity index (χ1) is 11.4. The Morgan fingerprint density at radius 1 is 1.38 bits per heavy atom. The lowest BCUT2D eigenvalue weighted by Crippen LogP contribution is -2.30. The monoisotopic (exact) mass is 359 g/mol. The number of H-pyrrole nitrogens is 1. The predicted octanol–water partition coefficient (Wildman–Crippen LogP) is 2.81. The minimum atomic E-state index is -4.41. The molecular formula is C15H20F3N5S. The van der Waals surface area contributed by atoms with E-state index in [2.05, 4.69) is 25.4 Å². The van der Waals surface area contributed by atoms with E-state index in [9.17, 15) is 13.2 Å². The zero-order valence-electron chi connectivity index (χ0n) is 13.4. The van der Waals surface area contributed by atoms with Gasteiger partial charge >= 0.3 is 6.18 Å². The molecule has 5 nitrogen and oxygen atoms in total. The molecular weight excluding hydrogens is 339 g/mol. The molecule has 1 fully saturated rings. The zero-order chi connectivity index (χ0) is 17.2. The number of alkyl halides is 3. The number of hydrogen-bond donors (Lipinski definition) is 2. The van der Waals surface area contributed by atoms with E-state index in [1.165, 1.54) is 0 Å². The molecule has 3 rings (SSSR count). The number of hydrogen-bond acceptors (Lipinski definition) is 5. The lowest BCUT2D eigenvalue weighted by Gasteiger charge is -2.24. The first-order valence-electron chi connectivity index (χ1n) is 7.85. The second-order valence-corrected chi connectivity index (χ2v) is 7.10. The van der Waals surface area contributed by atoms with Gasteiger partial charge in [0, 0.05) is 30.2 Å². The van der Waals surface area contributed by atoms with Crippen LogP contribution in [0.1, 0.15) is 28.4 Å². The fourth-order valence-corrected chi connectivity index (χ4v) is 3.75. The average Bonchev–Trinajstić information content (AvgIpc) is 3.22. The second kappa shape index (κ2) is 7.20. The molecule has 1 unspecified atom stereocenters. The summed E-state index contributed by atoms with van der Waals surface area (Å²) in [7, 11) is 0. The van der Waals surface area contributed by atoms with E-state index in [1.54, 1.807) is 16.8 Å². The van der Waals surface area contributed by atoms with Gasteiger partial charge in [-0.05, 0) is 38.4 Å². The fraction of sp³-hybridized carbons (Fsp3) is 0.600. The van der Waals surface area contributed by atoms with Gasteiger partial charge in [0.1, 0.15) is 0 Å². The summed E-state index contributed by atoms with van der Waals surface area (Å²) in [5.41, 5.74) is 2.40. The van der Waals surface area contributed by atoms with Crippen molar-refractivity contribution >= 4 is 11.3 Å². The van der Waals surface area contributed by atoms with Crippen LogP contribution in [0.25, 0.3) is 0 Å². The van der Waals surface area contributed by atoms with Crippen LogP contribution in [0.4, 0.5) is 13.2 Å². The van der Waals surface area contributed by atoms with Gasteiger partial charge in [-0.15, -0.1) is 11.3 Å². The Morgan fingerprint density at radius 2 is 2.21 bits per heavy atom. The summed E-state index contributed by atoms with van der Waals surface area (Å²) in [5.74, 6) is 0.517. The zero-order valence-corrected chi connectivity index (χ0v) is 14.2. The van der Waals surface area contributed by atoms with E-state index in [0.29, 0.717) is 24.7 Å². The highest BCUT2D eigenvalue weighted by Crippen LogP contribution is 2.28. The van der Waals surface area contributed by atoms with Crippen molar-refractivity contribution in [3.05, 3.63) is 33.5 Å². The molecule has 0 saturated carbocycles. The van der Waals surface area contributed by atoms with Gasteiger partial charge in [-0.2, -0.15) is 18.3 Å². The van der Waals surface area contributed by atoms with Crippen molar-refractivity contribution in [3.8, 4) is 0 Å². The molecule has 9 heteroatoms. The van der Waals surface area contributed by atoms with Gasteiger partial charge < -0.3 is 5.32 Å². The van der Waals surface area contributed by atoms with Crippen LogP contribution in [0.3, 0.4) is 0 Å². The molecule has 24 heavy (non-hydrogen) atoms. The molecule has 1 saturated heterocycles. The molecule has 3 heterocycles. The van der Waals surface area contributed by atoms with Crippen LogP contribution in [0.5, 0.6) is 0 Å². The summed E-state index contributed by atoms with van der Waals surface area (Å²) in [6, 6.07) is 1.10. The minimum Gasteiger partial charge on any atom is -0.316 e. The first kappa shape index (κ1) is 17.4. The van der Waals surface area contributed by atoms with Gasteiger partial charge in [-0.1, -0.05) is 0 Å². The average molecular weight is 359 g/mol. The normalized spacial score (nSPS) is 18.6. The van der Waals surface area contributed by atoms with Crippen molar-refractivity contribution in [2.45, 2.75) is 32.6 Å². The maximum absolute atomic E-state index is 12.7. The van der Waals surface area contributed by atoms with E-state index in [4.69, 9.17) is 0 Å². The fourth-order valence-electron chi connectivity index (χ4n) is 2.93. The molecule has 1 atom stereocenters. The van der Waals surface area contributed by atoms with E-state index in [-0.39, 0.29) is 0 Å². The lowest BCUT2D eigenvalue weighted by atomic mass is 10.1. The topological polar surface area (TPSA) is 56.8 Å². The van der Waals surface area contributed by atoms with Crippen molar-refractivity contribution in [1.82, 2.24) is 25.4 Å². The molecule has 2 aromatic rings. The van der Waals surface area contributed by atoms with E-state index in [1.807, 2.05) is 6.92 Å². The van der Waals surface area contributed by atoms with Crippen molar-refractivity contribution < 1.29 is 13.2 Å². The van der Waals surface area contributed by atoms with Crippen LogP contribution in [-0.4, -0.2) is 39.7 Å². The minimum absolute atomic E-state index is 0.414. The van der Waals surface area contributed by atoms with Gasteiger partial charge in [0.05, 0.1) is 11.2 Å². The van der Waals surface area contributed by atoms with Crippen molar-refractivity contribution in [3.63, 3.8) is 0 Å². The Balaban J connectivity index is 1.71. The van der Waals surface area contributed by atoms with Gasteiger partial charge in [0.25, 0.3) is 0 Å². The van der Waals surface area contributed by atoms with Crippen molar-refractivity contribution in [2.24, 2.45) is 5.92 Å². The van der Waals surface area contributed by atoms with Gasteiger partial charge in [-0.25, -0.2) is 4.98 Å². The van der Waals surface area contributed by atoms with Gasteiger partial charge in [0.15, 0.2) is 5.69 Å². The van der Waals surface area contributed by atoms with Gasteiger partial charge in [0.2, 0.25) is 0 Å². The lowest BCUT2D eigenvalue weighted by molar-refractivity contribution is -0.141. The Hall–Kier alpha value is -1.45. The number of nitrogens with one attached hydrogen (secondary N) is 2. The van der Waals surface area contributed by atoms with Crippen molar-refractivity contribution in [2.75, 3.05) is 19.6 Å². The number of thiazole rings is 1. The smallest absolute Gasteiger partial charge is 0.316 e. The molecule has 0 radical (unpaired) electrons. The number of halogens is 3. The van der Waals surface area contributed by atoms with E-state index >= 15 is 0 Å². The molecule has 0 aliphatic carbocycles. The van der Waals surface area contributed by atoms with Gasteiger partial charge in [-0.3, -0.25) is 10.00 Å². The third-order valence-electron chi connectivity index (χ3n) is 4.21. The SMILES string of the molecule is Cc1ncsc1CN(Cc1cc(C(F)(F)F)n[nH]1)CC1CCNC1. The molecule has 132 valence electrons. The molecule has 0 amide bonds. The maximum atomic E-state index is 12.7. The number of aryl methyl sites for hydroxylation is 1.